The van der Waals surface area contributed by atoms with E-state index in [0.717, 1.165) is 38.4 Å². The summed E-state index contributed by atoms with van der Waals surface area (Å²) in [5, 5.41) is 7.64. The maximum absolute atomic E-state index is 5.13. The van der Waals surface area contributed by atoms with Gasteiger partial charge in [0.05, 0.1) is 5.69 Å². The molecule has 2 fully saturated rings. The second-order valence-electron chi connectivity index (χ2n) is 10.4. The van der Waals surface area contributed by atoms with Crippen LogP contribution in [0.25, 0.3) is 0 Å². The Morgan fingerprint density at radius 3 is 2.34 bits per heavy atom. The van der Waals surface area contributed by atoms with Gasteiger partial charge in [0.2, 0.25) is 5.95 Å². The van der Waals surface area contributed by atoms with E-state index in [2.05, 4.69) is 22.5 Å². The molecule has 3 aliphatic rings. The summed E-state index contributed by atoms with van der Waals surface area (Å²) in [5.74, 6) is 2.14. The van der Waals surface area contributed by atoms with Crippen molar-refractivity contribution in [1.29, 1.82) is 0 Å². The zero-order valence-electron chi connectivity index (χ0n) is 20.6. The first kappa shape index (κ1) is 23.8. The van der Waals surface area contributed by atoms with Crippen molar-refractivity contribution in [3.8, 4) is 0 Å². The summed E-state index contributed by atoms with van der Waals surface area (Å²) in [7, 11) is 0. The summed E-state index contributed by atoms with van der Waals surface area (Å²) in [6, 6.07) is 1.03. The molecule has 0 amide bonds. The zero-order valence-corrected chi connectivity index (χ0v) is 20.6. The van der Waals surface area contributed by atoms with E-state index < -0.39 is 0 Å². The molecule has 32 heavy (non-hydrogen) atoms. The zero-order chi connectivity index (χ0) is 22.0. The lowest BCUT2D eigenvalue weighted by atomic mass is 10.1. The van der Waals surface area contributed by atoms with Crippen LogP contribution in [0.3, 0.4) is 0 Å². The molecule has 2 aliphatic carbocycles. The predicted octanol–water partition coefficient (Wildman–Crippen LogP) is 6.02. The van der Waals surface area contributed by atoms with E-state index in [9.17, 15) is 0 Å². The van der Waals surface area contributed by atoms with Crippen LogP contribution in [0.15, 0.2) is 0 Å². The van der Waals surface area contributed by atoms with Gasteiger partial charge in [-0.05, 0) is 64.3 Å². The molecule has 2 atom stereocenters. The minimum Gasteiger partial charge on any atom is -0.356 e. The summed E-state index contributed by atoms with van der Waals surface area (Å²) in [6.07, 6.45) is 22.3. The van der Waals surface area contributed by atoms with E-state index in [1.54, 1.807) is 0 Å². The third-order valence-corrected chi connectivity index (χ3v) is 7.83. The van der Waals surface area contributed by atoms with Crippen LogP contribution in [-0.2, 0) is 12.8 Å². The van der Waals surface area contributed by atoms with Gasteiger partial charge in [-0.15, -0.1) is 0 Å². The largest absolute Gasteiger partial charge is 0.356 e. The maximum Gasteiger partial charge on any atom is 0.225 e. The summed E-state index contributed by atoms with van der Waals surface area (Å²) >= 11 is 0. The van der Waals surface area contributed by atoms with Gasteiger partial charge >= 0.3 is 0 Å². The number of hydrogen-bond acceptors (Lipinski definition) is 5. The molecule has 1 saturated carbocycles. The molecule has 1 saturated heterocycles. The Kier molecular flexibility index (Phi) is 9.49. The lowest BCUT2D eigenvalue weighted by Gasteiger charge is -2.26. The van der Waals surface area contributed by atoms with Crippen molar-refractivity contribution in [2.45, 2.75) is 128 Å². The van der Waals surface area contributed by atoms with Gasteiger partial charge < -0.3 is 15.5 Å². The van der Waals surface area contributed by atoms with E-state index in [0.29, 0.717) is 12.1 Å². The van der Waals surface area contributed by atoms with E-state index >= 15 is 0 Å². The number of anilines is 2. The van der Waals surface area contributed by atoms with Gasteiger partial charge in [0.1, 0.15) is 5.82 Å². The molecule has 5 nitrogen and oxygen atoms in total. The molecule has 180 valence electrons. The molecule has 5 heteroatoms. The molecule has 2 heterocycles. The lowest BCUT2D eigenvalue weighted by Crippen LogP contribution is -2.41. The van der Waals surface area contributed by atoms with Gasteiger partial charge in [-0.25, -0.2) is 4.98 Å². The highest BCUT2D eigenvalue weighted by Crippen LogP contribution is 2.32. The normalized spacial score (nSPS) is 23.3. The molecule has 0 bridgehead atoms. The minimum atomic E-state index is 0.469. The van der Waals surface area contributed by atoms with Crippen LogP contribution in [0.2, 0.25) is 0 Å². The van der Waals surface area contributed by atoms with E-state index in [1.165, 1.54) is 113 Å². The van der Waals surface area contributed by atoms with Crippen molar-refractivity contribution in [1.82, 2.24) is 15.3 Å². The van der Waals surface area contributed by atoms with Crippen LogP contribution in [0.5, 0.6) is 0 Å². The molecule has 0 aromatic carbocycles. The summed E-state index contributed by atoms with van der Waals surface area (Å²) in [6.45, 7) is 5.77. The van der Waals surface area contributed by atoms with Crippen LogP contribution in [0.1, 0.15) is 114 Å². The number of fused-ring (bicyclic) bond motifs is 1. The molecule has 1 aromatic rings. The molecular weight excluding hydrogens is 394 g/mol. The van der Waals surface area contributed by atoms with Crippen LogP contribution < -0.4 is 15.5 Å². The Hall–Kier alpha value is -1.36. The minimum absolute atomic E-state index is 0.469. The number of nitrogens with zero attached hydrogens (tertiary/aromatic N) is 3. The van der Waals surface area contributed by atoms with E-state index in [1.807, 2.05) is 0 Å². The molecule has 2 unspecified atom stereocenters. The van der Waals surface area contributed by atoms with Crippen molar-refractivity contribution < 1.29 is 0 Å². The van der Waals surface area contributed by atoms with Crippen molar-refractivity contribution >= 4 is 11.8 Å². The summed E-state index contributed by atoms with van der Waals surface area (Å²) in [4.78, 5) is 12.7. The number of nitrogens with one attached hydrogen (secondary N) is 2. The molecule has 2 N–H and O–H groups in total. The average Bonchev–Trinajstić information content (AvgIpc) is 3.37. The molecule has 1 aliphatic heterocycles. The van der Waals surface area contributed by atoms with E-state index in [4.69, 9.17) is 9.97 Å². The first-order valence-corrected chi connectivity index (χ1v) is 14.0. The fourth-order valence-electron chi connectivity index (χ4n) is 5.93. The highest BCUT2D eigenvalue weighted by molar-refractivity contribution is 5.54. The van der Waals surface area contributed by atoms with Crippen LogP contribution in [0, 0.1) is 0 Å². The topological polar surface area (TPSA) is 53.1 Å². The van der Waals surface area contributed by atoms with Gasteiger partial charge in [0, 0.05) is 30.7 Å². The summed E-state index contributed by atoms with van der Waals surface area (Å²) in [5.41, 5.74) is 2.75. The highest BCUT2D eigenvalue weighted by Gasteiger charge is 2.29. The number of hydrogen-bond donors (Lipinski definition) is 2. The quantitative estimate of drug-likeness (QED) is 0.389. The second-order valence-corrected chi connectivity index (χ2v) is 10.4. The van der Waals surface area contributed by atoms with E-state index in [-0.39, 0.29) is 0 Å². The SMILES string of the molecule is CCCCCCCCCNC1CCCC1Nc1nc2c(c(N3CCCCCC3)n1)CCC2. The Labute approximate surface area is 196 Å². The van der Waals surface area contributed by atoms with Gasteiger partial charge in [0.15, 0.2) is 0 Å². The Bertz CT molecular complexity index is 683. The summed E-state index contributed by atoms with van der Waals surface area (Å²) < 4.78 is 0. The molecule has 1 aromatic heterocycles. The van der Waals surface area contributed by atoms with Crippen LogP contribution in [-0.4, -0.2) is 41.7 Å². The molecule has 0 spiro atoms. The van der Waals surface area contributed by atoms with Gasteiger partial charge in [-0.1, -0.05) is 58.3 Å². The standard InChI is InChI=1S/C27H47N5/c1-2-3-4-5-6-7-10-19-28-24-17-14-18-25(24)30-27-29-23-16-13-15-22(23)26(31-27)32-20-11-8-9-12-21-32/h24-25,28H,2-21H2,1H3,(H,29,30,31). The molecular formula is C27H47N5. The van der Waals surface area contributed by atoms with Gasteiger partial charge in [-0.2, -0.15) is 4.98 Å². The number of rotatable bonds is 12. The number of aromatic nitrogens is 2. The Morgan fingerprint density at radius 1 is 0.781 bits per heavy atom. The molecule has 0 radical (unpaired) electrons. The number of unbranched alkanes of at least 4 members (excludes halogenated alkanes) is 6. The first-order valence-electron chi connectivity index (χ1n) is 14.0. The third kappa shape index (κ3) is 6.59. The number of aryl methyl sites for hydroxylation is 1. The van der Waals surface area contributed by atoms with Crippen molar-refractivity contribution in [3.63, 3.8) is 0 Å². The first-order chi connectivity index (χ1) is 15.8. The van der Waals surface area contributed by atoms with Crippen LogP contribution >= 0.6 is 0 Å². The third-order valence-electron chi connectivity index (χ3n) is 7.83. The highest BCUT2D eigenvalue weighted by atomic mass is 15.2. The van der Waals surface area contributed by atoms with Gasteiger partial charge in [0.25, 0.3) is 0 Å². The fourth-order valence-corrected chi connectivity index (χ4v) is 5.93. The maximum atomic E-state index is 5.13. The van der Waals surface area contributed by atoms with Crippen molar-refractivity contribution in [3.05, 3.63) is 11.3 Å². The van der Waals surface area contributed by atoms with Crippen molar-refractivity contribution in [2.75, 3.05) is 29.9 Å². The van der Waals surface area contributed by atoms with Crippen molar-refractivity contribution in [2.24, 2.45) is 0 Å². The molecule has 4 rings (SSSR count). The predicted molar refractivity (Wildman–Crippen MR) is 136 cm³/mol. The average molecular weight is 442 g/mol. The second kappa shape index (κ2) is 12.8. The Morgan fingerprint density at radius 2 is 1.53 bits per heavy atom. The fraction of sp³-hybridized carbons (Fsp3) is 0.852. The smallest absolute Gasteiger partial charge is 0.225 e. The van der Waals surface area contributed by atoms with Gasteiger partial charge in [-0.3, -0.25) is 0 Å². The lowest BCUT2D eigenvalue weighted by molar-refractivity contribution is 0.473. The Balaban J connectivity index is 1.30. The monoisotopic (exact) mass is 441 g/mol. The van der Waals surface area contributed by atoms with Crippen LogP contribution in [0.4, 0.5) is 11.8 Å².